The van der Waals surface area contributed by atoms with Crippen molar-refractivity contribution in [1.29, 1.82) is 0 Å². The van der Waals surface area contributed by atoms with E-state index in [0.29, 0.717) is 25.5 Å². The second-order valence-corrected chi connectivity index (χ2v) is 9.52. The summed E-state index contributed by atoms with van der Waals surface area (Å²) in [4.78, 5) is 35.3. The van der Waals surface area contributed by atoms with Gasteiger partial charge in [0.05, 0.1) is 6.42 Å². The number of nitrogens with one attached hydrogen (secondary N) is 2. The molecule has 0 aromatic heterocycles. The number of hydrogen-bond donors (Lipinski definition) is 3. The van der Waals surface area contributed by atoms with Crippen LogP contribution in [0, 0.1) is 11.8 Å². The molecule has 0 radical (unpaired) electrons. The minimum absolute atomic E-state index is 0.0380. The van der Waals surface area contributed by atoms with E-state index < -0.39 is 12.1 Å². The molecule has 2 unspecified atom stereocenters. The number of aliphatic carboxylic acids is 1. The van der Waals surface area contributed by atoms with Crippen molar-refractivity contribution in [2.45, 2.75) is 51.0 Å². The van der Waals surface area contributed by atoms with E-state index in [2.05, 4.69) is 34.9 Å². The monoisotopic (exact) mass is 464 g/mol. The molecule has 7 nitrogen and oxygen atoms in total. The summed E-state index contributed by atoms with van der Waals surface area (Å²) >= 11 is 0. The van der Waals surface area contributed by atoms with Gasteiger partial charge < -0.3 is 20.5 Å². The van der Waals surface area contributed by atoms with Crippen LogP contribution >= 0.6 is 0 Å². The lowest BCUT2D eigenvalue weighted by molar-refractivity contribution is -0.137. The highest BCUT2D eigenvalue weighted by molar-refractivity contribution is 5.79. The number of ether oxygens (including phenoxy) is 1. The van der Waals surface area contributed by atoms with E-state index in [9.17, 15) is 14.4 Å². The first kappa shape index (κ1) is 23.8. The summed E-state index contributed by atoms with van der Waals surface area (Å²) in [7, 11) is 0. The molecule has 2 aliphatic rings. The smallest absolute Gasteiger partial charge is 0.407 e. The number of rotatable bonds is 9. The molecule has 3 atom stereocenters. The number of carboxylic acids is 1. The van der Waals surface area contributed by atoms with Gasteiger partial charge in [-0.3, -0.25) is 9.59 Å². The zero-order chi connectivity index (χ0) is 24.1. The second-order valence-electron chi connectivity index (χ2n) is 9.52. The molecule has 34 heavy (non-hydrogen) atoms. The summed E-state index contributed by atoms with van der Waals surface area (Å²) in [5.74, 6) is -0.422. The Balaban J connectivity index is 1.20. The maximum atomic E-state index is 12.4. The zero-order valence-corrected chi connectivity index (χ0v) is 19.5. The van der Waals surface area contributed by atoms with Crippen LogP contribution in [0.3, 0.4) is 0 Å². The summed E-state index contributed by atoms with van der Waals surface area (Å²) in [6, 6.07) is 16.1. The van der Waals surface area contributed by atoms with Crippen molar-refractivity contribution in [3.8, 4) is 11.1 Å². The number of carbonyl (C=O) groups is 3. The fourth-order valence-corrected chi connectivity index (χ4v) is 5.34. The van der Waals surface area contributed by atoms with Gasteiger partial charge in [0.25, 0.3) is 0 Å². The molecular formula is C27H32N2O5. The Morgan fingerprint density at radius 3 is 2.26 bits per heavy atom. The summed E-state index contributed by atoms with van der Waals surface area (Å²) < 4.78 is 5.60. The Bertz CT molecular complexity index is 1010. The molecule has 0 bridgehead atoms. The predicted molar refractivity (Wildman–Crippen MR) is 128 cm³/mol. The quantitative estimate of drug-likeness (QED) is 0.513. The van der Waals surface area contributed by atoms with Crippen molar-refractivity contribution in [2.75, 3.05) is 13.2 Å². The van der Waals surface area contributed by atoms with Gasteiger partial charge in [0.15, 0.2) is 0 Å². The Morgan fingerprint density at radius 1 is 1.00 bits per heavy atom. The molecule has 2 amide bonds. The van der Waals surface area contributed by atoms with Gasteiger partial charge in [-0.25, -0.2) is 4.79 Å². The number of carbonyl (C=O) groups excluding carboxylic acids is 2. The number of alkyl carbamates (subject to hydrolysis) is 1. The third-order valence-electron chi connectivity index (χ3n) is 6.89. The van der Waals surface area contributed by atoms with Crippen LogP contribution in [0.1, 0.15) is 56.1 Å². The standard InChI is InChI=1S/C27H32N2O5/c1-17(12-26(31)32)29-25(30)14-18-10-11-19(13-18)15-28-27(33)34-16-24-22-8-4-2-6-20(22)21-7-3-5-9-23(21)24/h2-9,17-19,24H,10-16H2,1H3,(H,28,33)(H,29,30)(H,31,32)/t17-,18?,19?/m0/s1. The molecule has 1 saturated carbocycles. The molecule has 0 spiro atoms. The molecule has 1 fully saturated rings. The van der Waals surface area contributed by atoms with Crippen LogP contribution in [-0.4, -0.2) is 42.3 Å². The SMILES string of the molecule is C[C@@H](CC(=O)O)NC(=O)CC1CCC(CNC(=O)OCC2c3ccccc3-c3ccccc32)C1. The number of fused-ring (bicyclic) bond motifs is 3. The van der Waals surface area contributed by atoms with Gasteiger partial charge in [-0.2, -0.15) is 0 Å². The lowest BCUT2D eigenvalue weighted by atomic mass is 9.98. The van der Waals surface area contributed by atoms with Crippen molar-refractivity contribution in [3.63, 3.8) is 0 Å². The van der Waals surface area contributed by atoms with Gasteiger partial charge in [0.2, 0.25) is 5.91 Å². The van der Waals surface area contributed by atoms with Crippen molar-refractivity contribution in [1.82, 2.24) is 10.6 Å². The first-order valence-electron chi connectivity index (χ1n) is 12.0. The Labute approximate surface area is 199 Å². The van der Waals surface area contributed by atoms with E-state index in [0.717, 1.165) is 19.3 Å². The van der Waals surface area contributed by atoms with Gasteiger partial charge in [0, 0.05) is 24.9 Å². The molecule has 0 saturated heterocycles. The van der Waals surface area contributed by atoms with Crippen molar-refractivity contribution >= 4 is 18.0 Å². The predicted octanol–water partition coefficient (Wildman–Crippen LogP) is 4.31. The van der Waals surface area contributed by atoms with Crippen LogP contribution in [0.4, 0.5) is 4.79 Å². The highest BCUT2D eigenvalue weighted by Gasteiger charge is 2.30. The highest BCUT2D eigenvalue weighted by Crippen LogP contribution is 2.44. The van der Waals surface area contributed by atoms with E-state index in [-0.39, 0.29) is 30.2 Å². The van der Waals surface area contributed by atoms with E-state index in [1.54, 1.807) is 6.92 Å². The van der Waals surface area contributed by atoms with Crippen LogP contribution in [-0.2, 0) is 14.3 Å². The molecule has 2 aliphatic carbocycles. The van der Waals surface area contributed by atoms with Crippen molar-refractivity contribution in [3.05, 3.63) is 59.7 Å². The summed E-state index contributed by atoms with van der Waals surface area (Å²) in [5.41, 5.74) is 4.77. The van der Waals surface area contributed by atoms with Crippen molar-refractivity contribution < 1.29 is 24.2 Å². The minimum atomic E-state index is -0.923. The van der Waals surface area contributed by atoms with E-state index >= 15 is 0 Å². The maximum Gasteiger partial charge on any atom is 0.407 e. The second kappa shape index (κ2) is 10.7. The lowest BCUT2D eigenvalue weighted by Crippen LogP contribution is -2.35. The van der Waals surface area contributed by atoms with E-state index in [1.165, 1.54) is 22.3 Å². The average Bonchev–Trinajstić information content (AvgIpc) is 3.37. The zero-order valence-electron chi connectivity index (χ0n) is 19.5. The summed E-state index contributed by atoms with van der Waals surface area (Å²) in [5, 5.41) is 14.5. The first-order valence-corrected chi connectivity index (χ1v) is 12.0. The number of amides is 2. The normalized spacial score (nSPS) is 19.7. The largest absolute Gasteiger partial charge is 0.481 e. The molecule has 180 valence electrons. The molecule has 3 N–H and O–H groups in total. The van der Waals surface area contributed by atoms with Crippen LogP contribution in [0.5, 0.6) is 0 Å². The van der Waals surface area contributed by atoms with Crippen LogP contribution in [0.15, 0.2) is 48.5 Å². The lowest BCUT2D eigenvalue weighted by Gasteiger charge is -2.16. The Hall–Kier alpha value is -3.35. The van der Waals surface area contributed by atoms with Gasteiger partial charge in [0.1, 0.15) is 6.61 Å². The van der Waals surface area contributed by atoms with Crippen LogP contribution in [0.25, 0.3) is 11.1 Å². The summed E-state index contributed by atoms with van der Waals surface area (Å²) in [6.07, 6.45) is 2.65. The molecule has 2 aromatic rings. The maximum absolute atomic E-state index is 12.4. The Kier molecular flexibility index (Phi) is 7.50. The molecule has 7 heteroatoms. The van der Waals surface area contributed by atoms with E-state index in [4.69, 9.17) is 9.84 Å². The Morgan fingerprint density at radius 2 is 1.62 bits per heavy atom. The topological polar surface area (TPSA) is 105 Å². The molecular weight excluding hydrogens is 432 g/mol. The fraction of sp³-hybridized carbons (Fsp3) is 0.444. The third kappa shape index (κ3) is 5.76. The number of hydrogen-bond acceptors (Lipinski definition) is 4. The van der Waals surface area contributed by atoms with E-state index in [1.807, 2.05) is 24.3 Å². The van der Waals surface area contributed by atoms with Crippen LogP contribution in [0.2, 0.25) is 0 Å². The first-order chi connectivity index (χ1) is 16.4. The van der Waals surface area contributed by atoms with Gasteiger partial charge in [-0.1, -0.05) is 48.5 Å². The highest BCUT2D eigenvalue weighted by atomic mass is 16.5. The van der Waals surface area contributed by atoms with Crippen molar-refractivity contribution in [2.24, 2.45) is 11.8 Å². The fourth-order valence-electron chi connectivity index (χ4n) is 5.34. The molecule has 0 aliphatic heterocycles. The molecule has 0 heterocycles. The average molecular weight is 465 g/mol. The molecule has 2 aromatic carbocycles. The van der Waals surface area contributed by atoms with Gasteiger partial charge in [-0.05, 0) is 60.3 Å². The minimum Gasteiger partial charge on any atom is -0.481 e. The molecule has 4 rings (SSSR count). The van der Waals surface area contributed by atoms with Gasteiger partial charge >= 0.3 is 12.1 Å². The van der Waals surface area contributed by atoms with Crippen LogP contribution < -0.4 is 10.6 Å². The summed E-state index contributed by atoms with van der Waals surface area (Å²) in [6.45, 7) is 2.52. The van der Waals surface area contributed by atoms with Gasteiger partial charge in [-0.15, -0.1) is 0 Å². The third-order valence-corrected chi connectivity index (χ3v) is 6.89. The number of benzene rings is 2. The number of carboxylic acid groups (broad SMARTS) is 1.